The minimum atomic E-state index is -0.503. The van der Waals surface area contributed by atoms with Crippen molar-refractivity contribution in [3.63, 3.8) is 0 Å². The van der Waals surface area contributed by atoms with Gasteiger partial charge in [0.15, 0.2) is 0 Å². The average molecular weight is 266 g/mol. The summed E-state index contributed by atoms with van der Waals surface area (Å²) in [5.41, 5.74) is 1.86. The van der Waals surface area contributed by atoms with Crippen molar-refractivity contribution in [1.29, 1.82) is 0 Å². The molecule has 1 heterocycles. The van der Waals surface area contributed by atoms with Crippen LogP contribution in [0.2, 0.25) is 0 Å². The average Bonchev–Trinajstić information content (AvgIpc) is 2.70. The number of H-pyrrole nitrogens is 1. The molecule has 1 aromatic carbocycles. The first-order chi connectivity index (χ1) is 8.42. The number of ether oxygens (including phenoxy) is 1. The number of aromatic amines is 1. The van der Waals surface area contributed by atoms with Crippen LogP contribution >= 0.6 is 11.6 Å². The fourth-order valence-corrected chi connectivity index (χ4v) is 2.09. The molecule has 0 aliphatic carbocycles. The number of aromatic nitrogens is 1. The van der Waals surface area contributed by atoms with Crippen LogP contribution in [-0.2, 0) is 10.6 Å². The molecule has 0 atom stereocenters. The molecule has 0 saturated heterocycles. The van der Waals surface area contributed by atoms with Crippen molar-refractivity contribution < 1.29 is 9.53 Å². The lowest BCUT2D eigenvalue weighted by molar-refractivity contribution is 0.00718. The number of nitrogens with one attached hydrogen (secondary N) is 1. The van der Waals surface area contributed by atoms with Crippen LogP contribution in [0.1, 0.15) is 36.7 Å². The fraction of sp³-hybridized carbons (Fsp3) is 0.357. The molecule has 2 rings (SSSR count). The van der Waals surface area contributed by atoms with E-state index in [1.807, 2.05) is 39.0 Å². The Kier molecular flexibility index (Phi) is 3.35. The summed E-state index contributed by atoms with van der Waals surface area (Å²) in [6.45, 7) is 5.55. The van der Waals surface area contributed by atoms with Crippen molar-refractivity contribution in [3.05, 3.63) is 35.5 Å². The Hall–Kier alpha value is -1.48. The molecule has 2 aromatic rings. The normalized spacial score (nSPS) is 11.8. The van der Waals surface area contributed by atoms with Gasteiger partial charge in [0.1, 0.15) is 5.60 Å². The predicted molar refractivity (Wildman–Crippen MR) is 73.0 cm³/mol. The number of carbonyl (C=O) groups excluding carboxylic acids is 1. The number of hydrogen-bond donors (Lipinski definition) is 1. The highest BCUT2D eigenvalue weighted by atomic mass is 35.5. The molecule has 18 heavy (non-hydrogen) atoms. The molecule has 0 fully saturated rings. The maximum Gasteiger partial charge on any atom is 0.340 e. The van der Waals surface area contributed by atoms with Crippen molar-refractivity contribution in [2.24, 2.45) is 0 Å². The molecule has 0 unspecified atom stereocenters. The third-order valence-corrected chi connectivity index (χ3v) is 2.84. The largest absolute Gasteiger partial charge is 0.456 e. The van der Waals surface area contributed by atoms with Crippen LogP contribution < -0.4 is 0 Å². The Morgan fingerprint density at radius 2 is 2.11 bits per heavy atom. The third-order valence-electron chi connectivity index (χ3n) is 2.55. The van der Waals surface area contributed by atoms with Crippen LogP contribution in [0.3, 0.4) is 0 Å². The van der Waals surface area contributed by atoms with E-state index in [-0.39, 0.29) is 5.97 Å². The van der Waals surface area contributed by atoms with E-state index in [1.54, 1.807) is 6.20 Å². The zero-order chi connectivity index (χ0) is 13.3. The maximum atomic E-state index is 12.1. The zero-order valence-electron chi connectivity index (χ0n) is 10.7. The molecule has 4 heteroatoms. The highest BCUT2D eigenvalue weighted by Gasteiger charge is 2.21. The summed E-state index contributed by atoms with van der Waals surface area (Å²) >= 11 is 5.91. The first kappa shape index (κ1) is 13.0. The summed E-state index contributed by atoms with van der Waals surface area (Å²) in [5, 5.41) is 0.849. The van der Waals surface area contributed by atoms with E-state index in [0.29, 0.717) is 11.4 Å². The summed E-state index contributed by atoms with van der Waals surface area (Å²) in [4.78, 5) is 15.2. The van der Waals surface area contributed by atoms with E-state index in [4.69, 9.17) is 16.3 Å². The van der Waals surface area contributed by atoms with Gasteiger partial charge in [0.2, 0.25) is 0 Å². The van der Waals surface area contributed by atoms with Crippen LogP contribution in [0, 0.1) is 0 Å². The summed E-state index contributed by atoms with van der Waals surface area (Å²) in [5.74, 6) is 0.0386. The number of hydrogen-bond acceptors (Lipinski definition) is 2. The van der Waals surface area contributed by atoms with Gasteiger partial charge in [-0.25, -0.2) is 4.79 Å². The number of fused-ring (bicyclic) bond motifs is 1. The molecule has 0 saturated carbocycles. The van der Waals surface area contributed by atoms with Crippen molar-refractivity contribution in [3.8, 4) is 0 Å². The van der Waals surface area contributed by atoms with E-state index in [1.165, 1.54) is 0 Å². The van der Waals surface area contributed by atoms with E-state index in [9.17, 15) is 4.79 Å². The minimum absolute atomic E-state index is 0.327. The Labute approximate surface area is 111 Å². The van der Waals surface area contributed by atoms with Crippen LogP contribution in [-0.4, -0.2) is 16.6 Å². The zero-order valence-corrected chi connectivity index (χ0v) is 11.5. The second kappa shape index (κ2) is 4.65. The van der Waals surface area contributed by atoms with Gasteiger partial charge in [-0.15, -0.1) is 11.6 Å². The second-order valence-electron chi connectivity index (χ2n) is 5.18. The lowest BCUT2D eigenvalue weighted by Crippen LogP contribution is -2.23. The molecule has 96 valence electrons. The van der Waals surface area contributed by atoms with E-state index in [2.05, 4.69) is 4.98 Å². The van der Waals surface area contributed by atoms with Gasteiger partial charge >= 0.3 is 5.97 Å². The van der Waals surface area contributed by atoms with Crippen LogP contribution in [0.25, 0.3) is 10.9 Å². The summed E-state index contributed by atoms with van der Waals surface area (Å²) in [6, 6.07) is 5.74. The molecule has 0 bridgehead atoms. The van der Waals surface area contributed by atoms with Crippen molar-refractivity contribution in [2.75, 3.05) is 0 Å². The summed E-state index contributed by atoms with van der Waals surface area (Å²) < 4.78 is 5.39. The van der Waals surface area contributed by atoms with Gasteiger partial charge in [-0.05, 0) is 32.4 Å². The number of benzene rings is 1. The molecule has 0 spiro atoms. The van der Waals surface area contributed by atoms with Gasteiger partial charge in [0.25, 0.3) is 0 Å². The van der Waals surface area contributed by atoms with Crippen LogP contribution in [0.5, 0.6) is 0 Å². The van der Waals surface area contributed by atoms with E-state index >= 15 is 0 Å². The van der Waals surface area contributed by atoms with Gasteiger partial charge in [-0.1, -0.05) is 12.1 Å². The number of carbonyl (C=O) groups is 1. The van der Waals surface area contributed by atoms with Crippen LogP contribution in [0.4, 0.5) is 0 Å². The summed E-state index contributed by atoms with van der Waals surface area (Å²) in [7, 11) is 0. The van der Waals surface area contributed by atoms with Gasteiger partial charge < -0.3 is 9.72 Å². The molecule has 0 aliphatic heterocycles. The van der Waals surface area contributed by atoms with Gasteiger partial charge in [0, 0.05) is 23.0 Å². The quantitative estimate of drug-likeness (QED) is 0.662. The van der Waals surface area contributed by atoms with Crippen LogP contribution in [0.15, 0.2) is 24.4 Å². The van der Waals surface area contributed by atoms with Gasteiger partial charge in [0.05, 0.1) is 5.56 Å². The minimum Gasteiger partial charge on any atom is -0.456 e. The smallest absolute Gasteiger partial charge is 0.340 e. The Morgan fingerprint density at radius 3 is 2.72 bits per heavy atom. The number of esters is 1. The monoisotopic (exact) mass is 265 g/mol. The molecule has 0 amide bonds. The molecule has 3 nitrogen and oxygen atoms in total. The highest BCUT2D eigenvalue weighted by Crippen LogP contribution is 2.25. The molecular formula is C14H16ClNO2. The van der Waals surface area contributed by atoms with Gasteiger partial charge in [-0.2, -0.15) is 0 Å². The number of rotatable bonds is 2. The molecule has 1 N–H and O–H groups in total. The standard InChI is InChI=1S/C14H16ClNO2/c1-14(2,3)18-13(17)10-8-16-11-6-4-5-9(7-15)12(10)11/h4-6,8,16H,7H2,1-3H3. The third kappa shape index (κ3) is 2.51. The molecule has 0 radical (unpaired) electrons. The Morgan fingerprint density at radius 1 is 1.39 bits per heavy atom. The van der Waals surface area contributed by atoms with Crippen molar-refractivity contribution >= 4 is 28.5 Å². The topological polar surface area (TPSA) is 42.1 Å². The summed E-state index contributed by atoms with van der Waals surface area (Å²) in [6.07, 6.45) is 1.68. The lowest BCUT2D eigenvalue weighted by atomic mass is 10.1. The van der Waals surface area contributed by atoms with Crippen molar-refractivity contribution in [2.45, 2.75) is 32.3 Å². The Bertz CT molecular complexity index is 581. The first-order valence-corrected chi connectivity index (χ1v) is 6.34. The molecular weight excluding hydrogens is 250 g/mol. The SMILES string of the molecule is CC(C)(C)OC(=O)c1c[nH]c2cccc(CCl)c12. The number of halogens is 1. The maximum absolute atomic E-state index is 12.1. The second-order valence-corrected chi connectivity index (χ2v) is 5.44. The van der Waals surface area contributed by atoms with Gasteiger partial charge in [-0.3, -0.25) is 0 Å². The molecule has 0 aliphatic rings. The van der Waals surface area contributed by atoms with Crippen molar-refractivity contribution in [1.82, 2.24) is 4.98 Å². The number of alkyl halides is 1. The van der Waals surface area contributed by atoms with E-state index in [0.717, 1.165) is 16.5 Å². The van der Waals surface area contributed by atoms with E-state index < -0.39 is 5.60 Å². The first-order valence-electron chi connectivity index (χ1n) is 5.80. The fourth-order valence-electron chi connectivity index (χ4n) is 1.87. The highest BCUT2D eigenvalue weighted by molar-refractivity contribution is 6.18. The predicted octanol–water partition coefficient (Wildman–Crippen LogP) is 3.86. The Balaban J connectivity index is 2.48. The lowest BCUT2D eigenvalue weighted by Gasteiger charge is -2.19. The molecule has 1 aromatic heterocycles.